The summed E-state index contributed by atoms with van der Waals surface area (Å²) < 4.78 is 40.9. The van der Waals surface area contributed by atoms with Crippen molar-refractivity contribution in [1.29, 1.82) is 0 Å². The molecule has 3 rings (SSSR count). The standard InChI is InChI=1S/C28H31F3N2O2/c1-2-20-33(27(35)23-17-9-10-18-24(23)28(29,30)31)25(22-15-7-4-8-16-22)26(34)32-19-11-14-21-12-5-3-6-13-21/h1,3,5-6,9-10,12-13,17-18,22,25H,4,7-8,11,14-16,19-20H2,(H,32,34). The Morgan fingerprint density at radius 2 is 1.69 bits per heavy atom. The maximum absolute atomic E-state index is 13.6. The zero-order valence-corrected chi connectivity index (χ0v) is 19.7. The first-order valence-electron chi connectivity index (χ1n) is 12.0. The van der Waals surface area contributed by atoms with Crippen LogP contribution in [-0.2, 0) is 17.4 Å². The number of alkyl halides is 3. The fourth-order valence-electron chi connectivity index (χ4n) is 4.78. The molecule has 2 aromatic carbocycles. The van der Waals surface area contributed by atoms with E-state index in [1.54, 1.807) is 0 Å². The molecule has 1 saturated carbocycles. The van der Waals surface area contributed by atoms with Gasteiger partial charge in [0.25, 0.3) is 5.91 Å². The highest BCUT2D eigenvalue weighted by Gasteiger charge is 2.40. The normalized spacial score (nSPS) is 15.1. The first-order chi connectivity index (χ1) is 16.8. The number of amides is 2. The summed E-state index contributed by atoms with van der Waals surface area (Å²) in [5.41, 5.74) is -0.371. The minimum absolute atomic E-state index is 0.159. The quantitative estimate of drug-likeness (QED) is 0.379. The molecule has 0 saturated heterocycles. The van der Waals surface area contributed by atoms with E-state index in [2.05, 4.69) is 11.2 Å². The van der Waals surface area contributed by atoms with Crippen molar-refractivity contribution in [3.8, 4) is 12.3 Å². The van der Waals surface area contributed by atoms with Gasteiger partial charge >= 0.3 is 6.18 Å². The van der Waals surface area contributed by atoms with Crippen molar-refractivity contribution in [1.82, 2.24) is 10.2 Å². The fraction of sp³-hybridized carbons (Fsp3) is 0.429. The van der Waals surface area contributed by atoms with E-state index in [1.165, 1.54) is 12.1 Å². The monoisotopic (exact) mass is 484 g/mol. The fourth-order valence-corrected chi connectivity index (χ4v) is 4.78. The molecule has 1 atom stereocenters. The molecule has 0 bridgehead atoms. The lowest BCUT2D eigenvalue weighted by Gasteiger charge is -2.37. The Hall–Kier alpha value is -3.27. The maximum Gasteiger partial charge on any atom is 0.417 e. The van der Waals surface area contributed by atoms with Gasteiger partial charge < -0.3 is 10.2 Å². The molecule has 1 unspecified atom stereocenters. The first kappa shape index (κ1) is 26.3. The summed E-state index contributed by atoms with van der Waals surface area (Å²) in [6, 6.07) is 13.6. The van der Waals surface area contributed by atoms with Gasteiger partial charge in [-0.15, -0.1) is 6.42 Å². The SMILES string of the molecule is C#CCN(C(=O)c1ccccc1C(F)(F)F)C(C(=O)NCCCc1ccccc1)C1CCCCC1. The average molecular weight is 485 g/mol. The highest BCUT2D eigenvalue weighted by Crippen LogP contribution is 2.34. The first-order valence-corrected chi connectivity index (χ1v) is 12.0. The minimum atomic E-state index is -4.70. The predicted molar refractivity (Wildman–Crippen MR) is 129 cm³/mol. The number of benzene rings is 2. The van der Waals surface area contributed by atoms with E-state index in [-0.39, 0.29) is 18.4 Å². The van der Waals surface area contributed by atoms with E-state index in [0.29, 0.717) is 13.0 Å². The van der Waals surface area contributed by atoms with Crippen LogP contribution in [0.1, 0.15) is 60.0 Å². The Labute approximate surface area is 204 Å². The van der Waals surface area contributed by atoms with Crippen molar-refractivity contribution in [2.75, 3.05) is 13.1 Å². The zero-order valence-electron chi connectivity index (χ0n) is 19.7. The molecule has 0 radical (unpaired) electrons. The number of terminal acetylenes is 1. The third kappa shape index (κ3) is 7.11. The number of carbonyl (C=O) groups is 2. The number of hydrogen-bond donors (Lipinski definition) is 1. The largest absolute Gasteiger partial charge is 0.417 e. The maximum atomic E-state index is 13.6. The lowest BCUT2D eigenvalue weighted by atomic mass is 9.82. The van der Waals surface area contributed by atoms with Crippen molar-refractivity contribution >= 4 is 11.8 Å². The molecule has 7 heteroatoms. The second-order valence-electron chi connectivity index (χ2n) is 8.90. The second kappa shape index (κ2) is 12.4. The molecule has 1 aliphatic rings. The summed E-state index contributed by atoms with van der Waals surface area (Å²) in [6.45, 7) is 0.151. The number of rotatable bonds is 9. The van der Waals surface area contributed by atoms with Gasteiger partial charge in [0.15, 0.2) is 0 Å². The number of aryl methyl sites for hydroxylation is 1. The van der Waals surface area contributed by atoms with E-state index >= 15 is 0 Å². The minimum Gasteiger partial charge on any atom is -0.354 e. The highest BCUT2D eigenvalue weighted by atomic mass is 19.4. The Morgan fingerprint density at radius 1 is 1.03 bits per heavy atom. The molecule has 1 fully saturated rings. The summed E-state index contributed by atoms with van der Waals surface area (Å²) in [7, 11) is 0. The van der Waals surface area contributed by atoms with Crippen LogP contribution in [-0.4, -0.2) is 35.8 Å². The molecule has 1 N–H and O–H groups in total. The van der Waals surface area contributed by atoms with Gasteiger partial charge in [0.1, 0.15) is 6.04 Å². The number of nitrogens with one attached hydrogen (secondary N) is 1. The van der Waals surface area contributed by atoms with Crippen molar-refractivity contribution in [3.05, 3.63) is 71.3 Å². The molecule has 4 nitrogen and oxygen atoms in total. The van der Waals surface area contributed by atoms with Crippen molar-refractivity contribution in [2.45, 2.75) is 57.2 Å². The summed E-state index contributed by atoms with van der Waals surface area (Å²) in [5, 5.41) is 2.92. The van der Waals surface area contributed by atoms with Gasteiger partial charge in [-0.1, -0.05) is 67.6 Å². The smallest absolute Gasteiger partial charge is 0.354 e. The van der Waals surface area contributed by atoms with Crippen molar-refractivity contribution < 1.29 is 22.8 Å². The number of hydrogen-bond acceptors (Lipinski definition) is 2. The van der Waals surface area contributed by atoms with Gasteiger partial charge in [0.05, 0.1) is 17.7 Å². The summed E-state index contributed by atoms with van der Waals surface area (Å²) in [4.78, 5) is 28.0. The molecule has 0 aliphatic heterocycles. The molecule has 0 heterocycles. The number of halogens is 3. The van der Waals surface area contributed by atoms with Crippen LogP contribution in [0.15, 0.2) is 54.6 Å². The molecule has 0 spiro atoms. The van der Waals surface area contributed by atoms with Gasteiger partial charge in [-0.3, -0.25) is 9.59 Å². The predicted octanol–water partition coefficient (Wildman–Crippen LogP) is 5.48. The van der Waals surface area contributed by atoms with E-state index in [1.807, 2.05) is 30.3 Å². The van der Waals surface area contributed by atoms with Gasteiger partial charge in [-0.25, -0.2) is 0 Å². The zero-order chi connectivity index (χ0) is 25.3. The molecule has 0 aromatic heterocycles. The molecule has 35 heavy (non-hydrogen) atoms. The van der Waals surface area contributed by atoms with Crippen molar-refractivity contribution in [3.63, 3.8) is 0 Å². The van der Waals surface area contributed by atoms with Crippen LogP contribution >= 0.6 is 0 Å². The van der Waals surface area contributed by atoms with E-state index in [9.17, 15) is 22.8 Å². The Kier molecular flexibility index (Phi) is 9.36. The summed E-state index contributed by atoms with van der Waals surface area (Å²) in [5.74, 6) is 0.992. The molecule has 2 amide bonds. The highest BCUT2D eigenvalue weighted by molar-refractivity contribution is 5.99. The third-order valence-electron chi connectivity index (χ3n) is 6.47. The third-order valence-corrected chi connectivity index (χ3v) is 6.47. The molecule has 2 aromatic rings. The molecule has 186 valence electrons. The number of carbonyl (C=O) groups excluding carboxylic acids is 2. The van der Waals surface area contributed by atoms with Gasteiger partial charge in [0.2, 0.25) is 5.91 Å². The average Bonchev–Trinajstić information content (AvgIpc) is 2.86. The number of nitrogens with zero attached hydrogens (tertiary/aromatic N) is 1. The van der Waals surface area contributed by atoms with Crippen LogP contribution in [0.3, 0.4) is 0 Å². The van der Waals surface area contributed by atoms with Gasteiger partial charge in [-0.2, -0.15) is 13.2 Å². The molecular formula is C28H31F3N2O2. The van der Waals surface area contributed by atoms with Crippen LogP contribution in [0.25, 0.3) is 0 Å². The van der Waals surface area contributed by atoms with Crippen molar-refractivity contribution in [2.24, 2.45) is 5.92 Å². The Bertz CT molecular complexity index is 1020. The Balaban J connectivity index is 1.82. The van der Waals surface area contributed by atoms with Crippen LogP contribution in [0.5, 0.6) is 0 Å². The van der Waals surface area contributed by atoms with Crippen LogP contribution < -0.4 is 5.32 Å². The molecular weight excluding hydrogens is 453 g/mol. The second-order valence-corrected chi connectivity index (χ2v) is 8.90. The summed E-state index contributed by atoms with van der Waals surface area (Å²) >= 11 is 0. The Morgan fingerprint density at radius 3 is 2.34 bits per heavy atom. The van der Waals surface area contributed by atoms with Gasteiger partial charge in [0, 0.05) is 6.54 Å². The lowest BCUT2D eigenvalue weighted by molar-refractivity contribution is -0.138. The topological polar surface area (TPSA) is 49.4 Å². The van der Waals surface area contributed by atoms with E-state index < -0.39 is 29.3 Å². The van der Waals surface area contributed by atoms with Crippen LogP contribution in [0.4, 0.5) is 13.2 Å². The van der Waals surface area contributed by atoms with Crippen LogP contribution in [0.2, 0.25) is 0 Å². The van der Waals surface area contributed by atoms with E-state index in [4.69, 9.17) is 6.42 Å². The lowest BCUT2D eigenvalue weighted by Crippen LogP contribution is -2.54. The molecule has 1 aliphatic carbocycles. The van der Waals surface area contributed by atoms with E-state index in [0.717, 1.165) is 61.1 Å². The van der Waals surface area contributed by atoms with Crippen LogP contribution in [0, 0.1) is 18.3 Å². The summed E-state index contributed by atoms with van der Waals surface area (Å²) in [6.07, 6.45) is 6.58. The van der Waals surface area contributed by atoms with Gasteiger partial charge in [-0.05, 0) is 49.3 Å².